The van der Waals surface area contributed by atoms with E-state index in [2.05, 4.69) is 35.5 Å². The maximum Gasteiger partial charge on any atom is 0.387 e. The fraction of sp³-hybridized carbons (Fsp3) is 0.409. The molecule has 172 valence electrons. The van der Waals surface area contributed by atoms with Crippen molar-refractivity contribution >= 4 is 11.8 Å². The predicted molar refractivity (Wildman–Crippen MR) is 117 cm³/mol. The van der Waals surface area contributed by atoms with Gasteiger partial charge in [0.1, 0.15) is 5.82 Å². The van der Waals surface area contributed by atoms with Crippen molar-refractivity contribution in [2.45, 2.75) is 56.7 Å². The lowest BCUT2D eigenvalue weighted by Gasteiger charge is -2.15. The summed E-state index contributed by atoms with van der Waals surface area (Å²) >= 11 is 0. The molecule has 0 saturated heterocycles. The van der Waals surface area contributed by atoms with Crippen LogP contribution in [-0.4, -0.2) is 43.4 Å². The first-order chi connectivity index (χ1) is 16.0. The third kappa shape index (κ3) is 5.07. The van der Waals surface area contributed by atoms with Gasteiger partial charge in [-0.05, 0) is 56.2 Å². The number of nitrogens with zero attached hydrogens (tertiary/aromatic N) is 5. The third-order valence-electron chi connectivity index (χ3n) is 5.86. The van der Waals surface area contributed by atoms with Crippen LogP contribution in [0.4, 0.5) is 20.5 Å². The van der Waals surface area contributed by atoms with Crippen LogP contribution >= 0.6 is 0 Å². The summed E-state index contributed by atoms with van der Waals surface area (Å²) in [7, 11) is 0. The number of pyridine rings is 1. The fourth-order valence-corrected chi connectivity index (χ4v) is 4.12. The predicted octanol–water partition coefficient (Wildman–Crippen LogP) is 3.34. The van der Waals surface area contributed by atoms with Crippen LogP contribution in [0.25, 0.3) is 5.82 Å². The van der Waals surface area contributed by atoms with Gasteiger partial charge in [0, 0.05) is 23.8 Å². The molecule has 2 fully saturated rings. The largest absolute Gasteiger partial charge is 0.432 e. The van der Waals surface area contributed by atoms with Gasteiger partial charge >= 0.3 is 6.61 Å². The Morgan fingerprint density at radius 3 is 2.42 bits per heavy atom. The molecule has 3 aromatic rings. The van der Waals surface area contributed by atoms with Gasteiger partial charge in [-0.1, -0.05) is 6.07 Å². The fourth-order valence-electron chi connectivity index (χ4n) is 4.12. The number of halogens is 2. The molecule has 0 aromatic carbocycles. The minimum Gasteiger partial charge on any atom is -0.432 e. The van der Waals surface area contributed by atoms with Crippen molar-refractivity contribution in [3.05, 3.63) is 58.8 Å². The quantitative estimate of drug-likeness (QED) is 0.533. The monoisotopic (exact) mass is 455 g/mol. The highest BCUT2D eigenvalue weighted by Crippen LogP contribution is 2.38. The summed E-state index contributed by atoms with van der Waals surface area (Å²) < 4.78 is 30.2. The molecule has 9 nitrogen and oxygen atoms in total. The van der Waals surface area contributed by atoms with E-state index < -0.39 is 6.61 Å². The Morgan fingerprint density at radius 2 is 1.76 bits per heavy atom. The second-order valence-corrected chi connectivity index (χ2v) is 8.31. The summed E-state index contributed by atoms with van der Waals surface area (Å²) in [6.45, 7) is -2.90. The van der Waals surface area contributed by atoms with E-state index >= 15 is 0 Å². The molecule has 2 N–H and O–H groups in total. The maximum absolute atomic E-state index is 12.7. The van der Waals surface area contributed by atoms with E-state index in [-0.39, 0.29) is 23.4 Å². The highest BCUT2D eigenvalue weighted by atomic mass is 19.3. The van der Waals surface area contributed by atoms with Gasteiger partial charge in [-0.2, -0.15) is 8.78 Å². The van der Waals surface area contributed by atoms with Gasteiger partial charge in [0.2, 0.25) is 5.95 Å². The van der Waals surface area contributed by atoms with Gasteiger partial charge in [0.05, 0.1) is 12.4 Å². The molecule has 33 heavy (non-hydrogen) atoms. The van der Waals surface area contributed by atoms with Crippen molar-refractivity contribution in [3.8, 4) is 11.6 Å². The molecule has 2 atom stereocenters. The number of aromatic nitrogens is 5. The number of ether oxygens (including phenoxy) is 1. The lowest BCUT2D eigenvalue weighted by Crippen LogP contribution is -2.23. The minimum absolute atomic E-state index is 0.0317. The van der Waals surface area contributed by atoms with Gasteiger partial charge in [-0.15, -0.1) is 10.2 Å². The van der Waals surface area contributed by atoms with E-state index in [9.17, 15) is 13.6 Å². The summed E-state index contributed by atoms with van der Waals surface area (Å²) in [6.07, 6.45) is 8.90. The molecule has 0 bridgehead atoms. The van der Waals surface area contributed by atoms with Crippen molar-refractivity contribution in [1.82, 2.24) is 24.7 Å². The molecule has 0 amide bonds. The molecular formula is C22H23F2N7O2. The van der Waals surface area contributed by atoms with E-state index in [1.807, 2.05) is 18.2 Å². The molecule has 0 aliphatic heterocycles. The molecule has 3 heterocycles. The Labute approximate surface area is 188 Å². The van der Waals surface area contributed by atoms with Gasteiger partial charge in [-0.25, -0.2) is 9.97 Å². The summed E-state index contributed by atoms with van der Waals surface area (Å²) in [4.78, 5) is 20.7. The molecular weight excluding hydrogens is 432 g/mol. The van der Waals surface area contributed by atoms with Gasteiger partial charge < -0.3 is 15.4 Å². The summed E-state index contributed by atoms with van der Waals surface area (Å²) in [6, 6.07) is 7.70. The number of anilines is 2. The molecule has 11 heteroatoms. The van der Waals surface area contributed by atoms with Gasteiger partial charge in [0.15, 0.2) is 11.6 Å². The zero-order valence-corrected chi connectivity index (χ0v) is 17.7. The van der Waals surface area contributed by atoms with E-state index in [0.29, 0.717) is 23.5 Å². The maximum atomic E-state index is 12.7. The zero-order chi connectivity index (χ0) is 22.8. The van der Waals surface area contributed by atoms with E-state index in [0.717, 1.165) is 37.7 Å². The Balaban J connectivity index is 1.16. The molecule has 5 rings (SSSR count). The van der Waals surface area contributed by atoms with Crippen LogP contribution < -0.4 is 20.9 Å². The first kappa shape index (κ1) is 21.2. The summed E-state index contributed by atoms with van der Waals surface area (Å²) in [5, 5.41) is 15.1. The molecule has 2 saturated carbocycles. The first-order valence-corrected chi connectivity index (χ1v) is 10.9. The highest BCUT2D eigenvalue weighted by molar-refractivity contribution is 5.39. The molecule has 0 radical (unpaired) electrons. The van der Waals surface area contributed by atoms with Crippen LogP contribution in [0.1, 0.15) is 43.6 Å². The van der Waals surface area contributed by atoms with E-state index in [1.54, 1.807) is 12.3 Å². The topological polar surface area (TPSA) is 107 Å². The number of alkyl halides is 2. The van der Waals surface area contributed by atoms with Crippen molar-refractivity contribution in [2.75, 3.05) is 10.6 Å². The van der Waals surface area contributed by atoms with Gasteiger partial charge in [0.25, 0.3) is 5.56 Å². The molecule has 3 aromatic heterocycles. The van der Waals surface area contributed by atoms with Crippen molar-refractivity contribution in [2.24, 2.45) is 0 Å². The van der Waals surface area contributed by atoms with Crippen LogP contribution in [0, 0.1) is 0 Å². The number of rotatable bonds is 8. The summed E-state index contributed by atoms with van der Waals surface area (Å²) in [5.41, 5.74) is 0.807. The Hall–Kier alpha value is -3.63. The zero-order valence-electron chi connectivity index (χ0n) is 17.7. The van der Waals surface area contributed by atoms with Crippen LogP contribution in [0.5, 0.6) is 5.75 Å². The van der Waals surface area contributed by atoms with Gasteiger partial charge in [-0.3, -0.25) is 9.36 Å². The molecule has 2 aliphatic carbocycles. The standard InChI is InChI=1S/C22H23F2N7O2/c23-21(24)33-16-11-25-22(26-12-16)28-15-6-5-14(10-15)27-18-7-8-19(30-29-18)31-9-1-2-17(20(31)32)13-3-4-13/h1-2,7-9,11-15,21H,3-6,10H2,(H,27,29)(H,25,26,28)/t14-,15-/m0/s1. The minimum atomic E-state index is -2.90. The Kier molecular flexibility index (Phi) is 5.84. The average molecular weight is 455 g/mol. The first-order valence-electron chi connectivity index (χ1n) is 10.9. The number of hydrogen-bond donors (Lipinski definition) is 2. The van der Waals surface area contributed by atoms with Crippen LogP contribution in [0.3, 0.4) is 0 Å². The normalized spacial score (nSPS) is 20.1. The average Bonchev–Trinajstić information content (AvgIpc) is 3.56. The van der Waals surface area contributed by atoms with Crippen LogP contribution in [0.2, 0.25) is 0 Å². The number of nitrogens with one attached hydrogen (secondary N) is 2. The second-order valence-electron chi connectivity index (χ2n) is 8.31. The van der Waals surface area contributed by atoms with Crippen molar-refractivity contribution in [3.63, 3.8) is 0 Å². The molecule has 2 aliphatic rings. The smallest absolute Gasteiger partial charge is 0.387 e. The van der Waals surface area contributed by atoms with Crippen molar-refractivity contribution < 1.29 is 13.5 Å². The van der Waals surface area contributed by atoms with E-state index in [1.165, 1.54) is 17.0 Å². The number of hydrogen-bond acceptors (Lipinski definition) is 8. The Morgan fingerprint density at radius 1 is 1.00 bits per heavy atom. The van der Waals surface area contributed by atoms with Crippen LogP contribution in [0.15, 0.2) is 47.7 Å². The third-order valence-corrected chi connectivity index (χ3v) is 5.86. The lowest BCUT2D eigenvalue weighted by molar-refractivity contribution is -0.0503. The second kappa shape index (κ2) is 9.08. The Bertz CT molecular complexity index is 1150. The lowest BCUT2D eigenvalue weighted by atomic mass is 10.2. The SMILES string of the molecule is O=c1c(C2CC2)cccn1-c1ccc(N[C@H]2CC[C@H](Nc3ncc(OC(F)F)cn3)C2)nn1. The molecule has 0 unspecified atom stereocenters. The summed E-state index contributed by atoms with van der Waals surface area (Å²) in [5.74, 6) is 1.79. The molecule has 0 spiro atoms. The van der Waals surface area contributed by atoms with E-state index in [4.69, 9.17) is 0 Å². The van der Waals surface area contributed by atoms with Crippen LogP contribution in [-0.2, 0) is 0 Å². The highest BCUT2D eigenvalue weighted by Gasteiger charge is 2.27. The van der Waals surface area contributed by atoms with Crippen molar-refractivity contribution in [1.29, 1.82) is 0 Å².